The van der Waals surface area contributed by atoms with Crippen LogP contribution >= 0.6 is 11.8 Å². The van der Waals surface area contributed by atoms with Gasteiger partial charge in [-0.15, -0.1) is 10.2 Å². The number of rotatable bonds is 7. The monoisotopic (exact) mass is 448 g/mol. The molecule has 2 aromatic heterocycles. The van der Waals surface area contributed by atoms with Crippen LogP contribution in [0.1, 0.15) is 11.1 Å². The molecule has 1 aliphatic rings. The maximum atomic E-state index is 12.5. The number of aromatic nitrogens is 3. The number of ether oxygens (including phenoxy) is 2. The molecule has 4 aromatic rings. The van der Waals surface area contributed by atoms with Crippen LogP contribution in [0.2, 0.25) is 0 Å². The lowest BCUT2D eigenvalue weighted by molar-refractivity contribution is -0.118. The Morgan fingerprint density at radius 2 is 1.94 bits per heavy atom. The summed E-state index contributed by atoms with van der Waals surface area (Å²) in [5.74, 6) is 2.71. The molecule has 0 saturated carbocycles. The van der Waals surface area contributed by atoms with E-state index in [2.05, 4.69) is 15.5 Å². The maximum Gasteiger partial charge on any atom is 0.231 e. The van der Waals surface area contributed by atoms with Gasteiger partial charge in [-0.2, -0.15) is 0 Å². The van der Waals surface area contributed by atoms with Crippen molar-refractivity contribution in [3.63, 3.8) is 0 Å². The second kappa shape index (κ2) is 8.80. The van der Waals surface area contributed by atoms with Crippen molar-refractivity contribution in [2.75, 3.05) is 12.5 Å². The number of carbonyl (C=O) groups is 1. The molecule has 1 N–H and O–H groups in total. The van der Waals surface area contributed by atoms with E-state index in [-0.39, 0.29) is 18.5 Å². The normalized spacial score (nSPS) is 12.2. The minimum absolute atomic E-state index is 0.106. The molecule has 0 radical (unpaired) electrons. The largest absolute Gasteiger partial charge is 0.461 e. The summed E-state index contributed by atoms with van der Waals surface area (Å²) < 4.78 is 18.1. The quantitative estimate of drug-likeness (QED) is 0.428. The fourth-order valence-electron chi connectivity index (χ4n) is 3.29. The molecule has 0 atom stereocenters. The highest BCUT2D eigenvalue weighted by Gasteiger charge is 2.19. The number of nitrogens with one attached hydrogen (secondary N) is 1. The summed E-state index contributed by atoms with van der Waals surface area (Å²) in [4.78, 5) is 12.5. The van der Waals surface area contributed by atoms with Gasteiger partial charge in [-0.05, 0) is 48.9 Å². The van der Waals surface area contributed by atoms with Crippen molar-refractivity contribution >= 4 is 17.7 Å². The van der Waals surface area contributed by atoms with Gasteiger partial charge in [0, 0.05) is 12.2 Å². The van der Waals surface area contributed by atoms with Crippen LogP contribution in [0, 0.1) is 6.92 Å². The van der Waals surface area contributed by atoms with Crippen LogP contribution in [0.3, 0.4) is 0 Å². The fraction of sp³-hybridized carbons (Fsp3) is 0.174. The molecule has 9 heteroatoms. The Hall–Kier alpha value is -3.72. The van der Waals surface area contributed by atoms with Crippen LogP contribution in [-0.2, 0) is 11.3 Å². The van der Waals surface area contributed by atoms with E-state index in [1.54, 1.807) is 12.3 Å². The number of hydrogen-bond donors (Lipinski definition) is 1. The summed E-state index contributed by atoms with van der Waals surface area (Å²) in [5.41, 5.74) is 2.99. The first-order chi connectivity index (χ1) is 15.7. The van der Waals surface area contributed by atoms with Crippen LogP contribution in [-0.4, -0.2) is 33.2 Å². The standard InChI is InChI=1S/C23H20N4O4S/c1-15-4-7-17(8-5-15)27-22(19-3-2-10-29-19)25-26-23(27)32-13-21(28)24-12-16-6-9-18-20(11-16)31-14-30-18/h2-11H,12-14H2,1H3,(H,24,28). The molecule has 0 spiro atoms. The molecule has 0 bridgehead atoms. The smallest absolute Gasteiger partial charge is 0.231 e. The number of fused-ring (bicyclic) bond motifs is 1. The summed E-state index contributed by atoms with van der Waals surface area (Å²) in [6.07, 6.45) is 1.60. The van der Waals surface area contributed by atoms with Crippen molar-refractivity contribution < 1.29 is 18.7 Å². The Bertz CT molecular complexity index is 1240. The van der Waals surface area contributed by atoms with E-state index in [1.165, 1.54) is 11.8 Å². The molecule has 162 valence electrons. The second-order valence-electron chi connectivity index (χ2n) is 7.21. The fourth-order valence-corrected chi connectivity index (χ4v) is 4.07. The molecular weight excluding hydrogens is 428 g/mol. The van der Waals surface area contributed by atoms with E-state index in [9.17, 15) is 4.79 Å². The number of thioether (sulfide) groups is 1. The van der Waals surface area contributed by atoms with E-state index in [0.717, 1.165) is 22.6 Å². The summed E-state index contributed by atoms with van der Waals surface area (Å²) in [6, 6.07) is 17.3. The average molecular weight is 449 g/mol. The Kier molecular flexibility index (Phi) is 5.55. The van der Waals surface area contributed by atoms with E-state index >= 15 is 0 Å². The lowest BCUT2D eigenvalue weighted by Crippen LogP contribution is -2.24. The van der Waals surface area contributed by atoms with Gasteiger partial charge in [0.1, 0.15) is 0 Å². The zero-order chi connectivity index (χ0) is 21.9. The first kappa shape index (κ1) is 20.2. The van der Waals surface area contributed by atoms with Gasteiger partial charge in [0.05, 0.1) is 12.0 Å². The molecule has 0 unspecified atom stereocenters. The number of amides is 1. The molecule has 5 rings (SSSR count). The average Bonchev–Trinajstić information content (AvgIpc) is 3.57. The number of hydrogen-bond acceptors (Lipinski definition) is 7. The number of nitrogens with zero attached hydrogens (tertiary/aromatic N) is 3. The summed E-state index contributed by atoms with van der Waals surface area (Å²) in [6.45, 7) is 2.66. The van der Waals surface area contributed by atoms with Crippen molar-refractivity contribution in [2.24, 2.45) is 0 Å². The first-order valence-electron chi connectivity index (χ1n) is 10.0. The van der Waals surface area contributed by atoms with Gasteiger partial charge in [0.2, 0.25) is 18.5 Å². The minimum Gasteiger partial charge on any atom is -0.461 e. The SMILES string of the molecule is Cc1ccc(-n2c(SCC(=O)NCc3ccc4c(c3)OCO4)nnc2-c2ccco2)cc1. The van der Waals surface area contributed by atoms with E-state index < -0.39 is 0 Å². The predicted octanol–water partition coefficient (Wildman–Crippen LogP) is 3.97. The summed E-state index contributed by atoms with van der Waals surface area (Å²) in [5, 5.41) is 12.1. The molecule has 8 nitrogen and oxygen atoms in total. The van der Waals surface area contributed by atoms with Gasteiger partial charge in [-0.1, -0.05) is 35.5 Å². The van der Waals surface area contributed by atoms with Crippen molar-refractivity contribution in [3.8, 4) is 28.8 Å². The molecule has 1 amide bonds. The lowest BCUT2D eigenvalue weighted by Gasteiger charge is -2.10. The van der Waals surface area contributed by atoms with Gasteiger partial charge >= 0.3 is 0 Å². The molecule has 0 aliphatic carbocycles. The Morgan fingerprint density at radius 1 is 1.09 bits per heavy atom. The third kappa shape index (κ3) is 4.19. The van der Waals surface area contributed by atoms with Crippen molar-refractivity contribution in [2.45, 2.75) is 18.6 Å². The number of furan rings is 1. The Labute approximate surface area is 188 Å². The molecule has 1 aliphatic heterocycles. The predicted molar refractivity (Wildman–Crippen MR) is 119 cm³/mol. The van der Waals surface area contributed by atoms with Gasteiger partial charge in [-0.25, -0.2) is 0 Å². The summed E-state index contributed by atoms with van der Waals surface area (Å²) in [7, 11) is 0. The third-order valence-corrected chi connectivity index (χ3v) is 5.86. The zero-order valence-corrected chi connectivity index (χ0v) is 18.1. The van der Waals surface area contributed by atoms with E-state index in [1.807, 2.05) is 60.0 Å². The highest BCUT2D eigenvalue weighted by molar-refractivity contribution is 7.99. The van der Waals surface area contributed by atoms with Gasteiger partial charge in [-0.3, -0.25) is 9.36 Å². The molecule has 0 saturated heterocycles. The molecular formula is C23H20N4O4S. The van der Waals surface area contributed by atoms with Crippen molar-refractivity contribution in [1.29, 1.82) is 0 Å². The molecule has 2 aromatic carbocycles. The third-order valence-electron chi connectivity index (χ3n) is 4.93. The van der Waals surface area contributed by atoms with Crippen LogP contribution < -0.4 is 14.8 Å². The Morgan fingerprint density at radius 3 is 2.75 bits per heavy atom. The molecule has 3 heterocycles. The van der Waals surface area contributed by atoms with Crippen LogP contribution in [0.5, 0.6) is 11.5 Å². The van der Waals surface area contributed by atoms with Crippen molar-refractivity contribution in [3.05, 3.63) is 72.0 Å². The topological polar surface area (TPSA) is 91.4 Å². The van der Waals surface area contributed by atoms with Crippen LogP contribution in [0.15, 0.2) is 70.4 Å². The number of carbonyl (C=O) groups excluding carboxylic acids is 1. The first-order valence-corrected chi connectivity index (χ1v) is 11.0. The number of aryl methyl sites for hydroxylation is 1. The maximum absolute atomic E-state index is 12.5. The summed E-state index contributed by atoms with van der Waals surface area (Å²) >= 11 is 1.32. The van der Waals surface area contributed by atoms with Crippen LogP contribution in [0.4, 0.5) is 0 Å². The van der Waals surface area contributed by atoms with Gasteiger partial charge in [0.15, 0.2) is 22.4 Å². The highest BCUT2D eigenvalue weighted by atomic mass is 32.2. The van der Waals surface area contributed by atoms with E-state index in [4.69, 9.17) is 13.9 Å². The lowest BCUT2D eigenvalue weighted by atomic mass is 10.2. The molecule has 32 heavy (non-hydrogen) atoms. The molecule has 0 fully saturated rings. The minimum atomic E-state index is -0.106. The van der Waals surface area contributed by atoms with Gasteiger partial charge < -0.3 is 19.2 Å². The number of benzene rings is 2. The van der Waals surface area contributed by atoms with E-state index in [0.29, 0.717) is 29.0 Å². The zero-order valence-electron chi connectivity index (χ0n) is 17.3. The van der Waals surface area contributed by atoms with Crippen LogP contribution in [0.25, 0.3) is 17.3 Å². The Balaban J connectivity index is 1.28. The highest BCUT2D eigenvalue weighted by Crippen LogP contribution is 2.32. The van der Waals surface area contributed by atoms with Crippen molar-refractivity contribution in [1.82, 2.24) is 20.1 Å². The van der Waals surface area contributed by atoms with Gasteiger partial charge in [0.25, 0.3) is 0 Å². The second-order valence-corrected chi connectivity index (χ2v) is 8.15.